The molecule has 0 unspecified atom stereocenters. The summed E-state index contributed by atoms with van der Waals surface area (Å²) in [6.07, 6.45) is 4.85. The van der Waals surface area contributed by atoms with Crippen molar-refractivity contribution in [2.75, 3.05) is 6.54 Å². The summed E-state index contributed by atoms with van der Waals surface area (Å²) in [5, 5.41) is 11.1. The standard InChI is InChI=1S/C31H37NO3/c1-3-10-26-19-31(2,33)20-28-27-18-30(35-22-24-13-8-5-9-14-24)29(17-25(27)15-16-32(26)28)34-21-23-11-6-4-7-12-23/h4-9,11-14,17-18,26,28,33H,3,10,15-16,19-22H2,1-2H3/t26-,28+,31-/m1/s1. The van der Waals surface area contributed by atoms with Gasteiger partial charge < -0.3 is 14.6 Å². The third kappa shape index (κ3) is 5.55. The zero-order valence-corrected chi connectivity index (χ0v) is 21.0. The van der Waals surface area contributed by atoms with Gasteiger partial charge in [0, 0.05) is 18.6 Å². The fourth-order valence-corrected chi connectivity index (χ4v) is 5.81. The minimum atomic E-state index is -0.650. The molecule has 5 rings (SSSR count). The van der Waals surface area contributed by atoms with E-state index in [-0.39, 0.29) is 6.04 Å². The lowest BCUT2D eigenvalue weighted by atomic mass is 9.76. The molecule has 0 amide bonds. The number of fused-ring (bicyclic) bond motifs is 3. The molecule has 1 saturated heterocycles. The van der Waals surface area contributed by atoms with Crippen molar-refractivity contribution in [2.24, 2.45) is 0 Å². The zero-order valence-electron chi connectivity index (χ0n) is 21.0. The van der Waals surface area contributed by atoms with Crippen LogP contribution in [0.5, 0.6) is 11.5 Å². The smallest absolute Gasteiger partial charge is 0.162 e. The summed E-state index contributed by atoms with van der Waals surface area (Å²) in [6, 6.07) is 25.5. The monoisotopic (exact) mass is 471 g/mol. The molecule has 35 heavy (non-hydrogen) atoms. The average Bonchev–Trinajstić information content (AvgIpc) is 2.87. The highest BCUT2D eigenvalue weighted by atomic mass is 16.5. The van der Waals surface area contributed by atoms with Gasteiger partial charge in [0.1, 0.15) is 13.2 Å². The lowest BCUT2D eigenvalue weighted by Crippen LogP contribution is -2.53. The van der Waals surface area contributed by atoms with Gasteiger partial charge in [0.05, 0.1) is 5.60 Å². The molecular weight excluding hydrogens is 434 g/mol. The first-order valence-electron chi connectivity index (χ1n) is 13.0. The van der Waals surface area contributed by atoms with Gasteiger partial charge in [-0.15, -0.1) is 0 Å². The van der Waals surface area contributed by atoms with Crippen LogP contribution in [0.1, 0.15) is 67.8 Å². The van der Waals surface area contributed by atoms with Crippen molar-refractivity contribution in [3.63, 3.8) is 0 Å². The summed E-state index contributed by atoms with van der Waals surface area (Å²) in [6.45, 7) is 6.27. The van der Waals surface area contributed by atoms with E-state index in [1.165, 1.54) is 11.1 Å². The topological polar surface area (TPSA) is 41.9 Å². The van der Waals surface area contributed by atoms with E-state index >= 15 is 0 Å². The first-order chi connectivity index (χ1) is 17.0. The SMILES string of the molecule is CCC[C@@H]1C[C@@](C)(O)C[C@H]2c3cc(OCc4ccccc4)c(OCc4ccccc4)cc3CCN12. The van der Waals surface area contributed by atoms with E-state index in [0.717, 1.165) is 61.3 Å². The highest BCUT2D eigenvalue weighted by Crippen LogP contribution is 2.47. The van der Waals surface area contributed by atoms with Gasteiger partial charge in [0.2, 0.25) is 0 Å². The maximum atomic E-state index is 11.1. The van der Waals surface area contributed by atoms with Crippen molar-refractivity contribution in [1.82, 2.24) is 4.90 Å². The summed E-state index contributed by atoms with van der Waals surface area (Å²) in [4.78, 5) is 2.63. The molecular formula is C31H37NO3. The Kier molecular flexibility index (Phi) is 7.12. The Morgan fingerprint density at radius 2 is 1.49 bits per heavy atom. The van der Waals surface area contributed by atoms with Gasteiger partial charge in [-0.3, -0.25) is 4.90 Å². The minimum absolute atomic E-state index is 0.210. The van der Waals surface area contributed by atoms with Crippen LogP contribution in [0.2, 0.25) is 0 Å². The normalized spacial score (nSPS) is 23.9. The molecule has 1 fully saturated rings. The van der Waals surface area contributed by atoms with Crippen molar-refractivity contribution >= 4 is 0 Å². The molecule has 0 aromatic heterocycles. The lowest BCUT2D eigenvalue weighted by molar-refractivity contribution is -0.0695. The number of ether oxygens (including phenoxy) is 2. The van der Waals surface area contributed by atoms with Crippen LogP contribution < -0.4 is 9.47 Å². The number of rotatable bonds is 8. The number of nitrogens with zero attached hydrogens (tertiary/aromatic N) is 1. The Hall–Kier alpha value is -2.82. The van der Waals surface area contributed by atoms with Crippen molar-refractivity contribution in [2.45, 2.75) is 76.9 Å². The van der Waals surface area contributed by atoms with Crippen molar-refractivity contribution in [1.29, 1.82) is 0 Å². The predicted molar refractivity (Wildman–Crippen MR) is 140 cm³/mol. The number of benzene rings is 3. The van der Waals surface area contributed by atoms with Gasteiger partial charge in [-0.2, -0.15) is 0 Å². The van der Waals surface area contributed by atoms with Gasteiger partial charge >= 0.3 is 0 Å². The number of piperidine rings is 1. The molecule has 0 saturated carbocycles. The molecule has 2 heterocycles. The highest BCUT2D eigenvalue weighted by Gasteiger charge is 2.43. The molecule has 0 spiro atoms. The van der Waals surface area contributed by atoms with E-state index in [1.54, 1.807) is 0 Å². The molecule has 3 aromatic rings. The van der Waals surface area contributed by atoms with E-state index in [4.69, 9.17) is 9.47 Å². The lowest BCUT2D eigenvalue weighted by Gasteiger charge is -2.51. The van der Waals surface area contributed by atoms with Gasteiger partial charge in [-0.05, 0) is 67.0 Å². The summed E-state index contributed by atoms with van der Waals surface area (Å²) >= 11 is 0. The largest absolute Gasteiger partial charge is 0.485 e. The Morgan fingerprint density at radius 3 is 2.09 bits per heavy atom. The molecule has 0 aliphatic carbocycles. The van der Waals surface area contributed by atoms with E-state index in [0.29, 0.717) is 19.3 Å². The molecule has 1 N–H and O–H groups in total. The molecule has 184 valence electrons. The van der Waals surface area contributed by atoms with Crippen LogP contribution >= 0.6 is 0 Å². The molecule has 2 aliphatic heterocycles. The third-order valence-corrected chi connectivity index (χ3v) is 7.48. The van der Waals surface area contributed by atoms with Crippen LogP contribution in [0, 0.1) is 0 Å². The third-order valence-electron chi connectivity index (χ3n) is 7.48. The van der Waals surface area contributed by atoms with Crippen LogP contribution in [-0.4, -0.2) is 28.2 Å². The van der Waals surface area contributed by atoms with Gasteiger partial charge in [-0.1, -0.05) is 74.0 Å². The van der Waals surface area contributed by atoms with Crippen molar-refractivity contribution < 1.29 is 14.6 Å². The summed E-state index contributed by atoms with van der Waals surface area (Å²) in [7, 11) is 0. The molecule has 0 radical (unpaired) electrons. The van der Waals surface area contributed by atoms with E-state index < -0.39 is 5.60 Å². The van der Waals surface area contributed by atoms with Crippen LogP contribution in [-0.2, 0) is 19.6 Å². The Morgan fingerprint density at radius 1 is 0.886 bits per heavy atom. The fourth-order valence-electron chi connectivity index (χ4n) is 5.81. The molecule has 4 nitrogen and oxygen atoms in total. The number of hydrogen-bond acceptors (Lipinski definition) is 4. The highest BCUT2D eigenvalue weighted by molar-refractivity contribution is 5.50. The first-order valence-corrected chi connectivity index (χ1v) is 13.0. The molecule has 3 atom stereocenters. The van der Waals surface area contributed by atoms with Crippen LogP contribution in [0.15, 0.2) is 72.8 Å². The second-order valence-corrected chi connectivity index (χ2v) is 10.4. The zero-order chi connectivity index (χ0) is 24.3. The molecule has 4 heteroatoms. The van der Waals surface area contributed by atoms with Crippen LogP contribution in [0.4, 0.5) is 0 Å². The van der Waals surface area contributed by atoms with Crippen LogP contribution in [0.25, 0.3) is 0 Å². The van der Waals surface area contributed by atoms with E-state index in [9.17, 15) is 5.11 Å². The molecule has 0 bridgehead atoms. The Balaban J connectivity index is 1.46. The first kappa shape index (κ1) is 23.9. The van der Waals surface area contributed by atoms with Gasteiger partial charge in [0.15, 0.2) is 11.5 Å². The van der Waals surface area contributed by atoms with Gasteiger partial charge in [0.25, 0.3) is 0 Å². The summed E-state index contributed by atoms with van der Waals surface area (Å²) in [5.74, 6) is 1.58. The summed E-state index contributed by atoms with van der Waals surface area (Å²) in [5.41, 5.74) is 4.21. The molecule has 3 aromatic carbocycles. The second-order valence-electron chi connectivity index (χ2n) is 10.4. The fraction of sp³-hybridized carbons (Fsp3) is 0.419. The van der Waals surface area contributed by atoms with Crippen molar-refractivity contribution in [3.8, 4) is 11.5 Å². The number of hydrogen-bond donors (Lipinski definition) is 1. The maximum Gasteiger partial charge on any atom is 0.162 e. The predicted octanol–water partition coefficient (Wildman–Crippen LogP) is 6.46. The maximum absolute atomic E-state index is 11.1. The number of aliphatic hydroxyl groups is 1. The Bertz CT molecular complexity index is 1110. The minimum Gasteiger partial charge on any atom is -0.485 e. The Labute approximate surface area is 209 Å². The van der Waals surface area contributed by atoms with E-state index in [1.807, 2.05) is 43.3 Å². The second kappa shape index (κ2) is 10.4. The van der Waals surface area contributed by atoms with Crippen molar-refractivity contribution in [3.05, 3.63) is 95.1 Å². The van der Waals surface area contributed by atoms with Crippen LogP contribution in [0.3, 0.4) is 0 Å². The quantitative estimate of drug-likeness (QED) is 0.410. The summed E-state index contributed by atoms with van der Waals surface area (Å²) < 4.78 is 12.7. The van der Waals surface area contributed by atoms with Gasteiger partial charge in [-0.25, -0.2) is 0 Å². The van der Waals surface area contributed by atoms with E-state index in [2.05, 4.69) is 48.2 Å². The average molecular weight is 472 g/mol. The molecule has 2 aliphatic rings.